The molecule has 1 N–H and O–H groups in total. The van der Waals surface area contributed by atoms with Crippen LogP contribution in [0, 0.1) is 5.82 Å². The molecule has 1 fully saturated rings. The van der Waals surface area contributed by atoms with Gasteiger partial charge in [0.15, 0.2) is 11.5 Å². The zero-order valence-electron chi connectivity index (χ0n) is 12.6. The van der Waals surface area contributed by atoms with Crippen LogP contribution in [-0.2, 0) is 0 Å². The van der Waals surface area contributed by atoms with Crippen LogP contribution in [0.2, 0.25) is 0 Å². The number of ether oxygens (including phenoxy) is 2. The average molecular weight is 296 g/mol. The lowest BCUT2D eigenvalue weighted by molar-refractivity contribution is 0.0693. The van der Waals surface area contributed by atoms with E-state index in [2.05, 4.69) is 5.32 Å². The van der Waals surface area contributed by atoms with Crippen molar-refractivity contribution in [3.05, 3.63) is 23.5 Å². The molecular formula is C15H21FN2O3. The van der Waals surface area contributed by atoms with E-state index in [-0.39, 0.29) is 23.3 Å². The fourth-order valence-electron chi connectivity index (χ4n) is 2.59. The van der Waals surface area contributed by atoms with Crippen molar-refractivity contribution in [2.45, 2.75) is 18.9 Å². The van der Waals surface area contributed by atoms with Gasteiger partial charge in [0.1, 0.15) is 5.82 Å². The van der Waals surface area contributed by atoms with E-state index in [1.807, 2.05) is 7.05 Å². The second-order valence-corrected chi connectivity index (χ2v) is 5.07. The summed E-state index contributed by atoms with van der Waals surface area (Å²) in [6.07, 6.45) is 1.93. The molecule has 1 atom stereocenters. The number of halogens is 1. The van der Waals surface area contributed by atoms with Gasteiger partial charge in [-0.3, -0.25) is 4.79 Å². The van der Waals surface area contributed by atoms with Gasteiger partial charge in [0, 0.05) is 25.2 Å². The van der Waals surface area contributed by atoms with Gasteiger partial charge in [-0.05, 0) is 26.0 Å². The van der Waals surface area contributed by atoms with Gasteiger partial charge in [-0.2, -0.15) is 0 Å². The number of carbonyl (C=O) groups excluding carboxylic acids is 1. The van der Waals surface area contributed by atoms with Gasteiger partial charge in [-0.1, -0.05) is 0 Å². The monoisotopic (exact) mass is 296 g/mol. The molecule has 0 bridgehead atoms. The average Bonchev–Trinajstić information content (AvgIpc) is 2.53. The molecule has 1 heterocycles. The van der Waals surface area contributed by atoms with E-state index >= 15 is 0 Å². The first-order valence-electron chi connectivity index (χ1n) is 6.98. The molecule has 0 aromatic heterocycles. The molecule has 0 radical (unpaired) electrons. The molecule has 2 rings (SSSR count). The number of hydrogen-bond acceptors (Lipinski definition) is 4. The van der Waals surface area contributed by atoms with Crippen molar-refractivity contribution in [1.82, 2.24) is 10.2 Å². The molecule has 0 saturated carbocycles. The number of nitrogens with one attached hydrogen (secondary N) is 1. The zero-order valence-corrected chi connectivity index (χ0v) is 12.6. The van der Waals surface area contributed by atoms with Gasteiger partial charge in [0.25, 0.3) is 5.91 Å². The van der Waals surface area contributed by atoms with Gasteiger partial charge < -0.3 is 19.7 Å². The Kier molecular flexibility index (Phi) is 5.01. The minimum Gasteiger partial charge on any atom is -0.493 e. The van der Waals surface area contributed by atoms with Crippen molar-refractivity contribution in [3.8, 4) is 11.5 Å². The van der Waals surface area contributed by atoms with Crippen LogP contribution in [-0.4, -0.2) is 51.2 Å². The first-order valence-corrected chi connectivity index (χ1v) is 6.98. The van der Waals surface area contributed by atoms with E-state index < -0.39 is 5.82 Å². The number of hydrogen-bond donors (Lipinski definition) is 1. The topological polar surface area (TPSA) is 50.8 Å². The predicted octanol–water partition coefficient (Wildman–Crippen LogP) is 1.67. The molecule has 1 saturated heterocycles. The summed E-state index contributed by atoms with van der Waals surface area (Å²) in [5, 5.41) is 3.16. The van der Waals surface area contributed by atoms with Crippen molar-refractivity contribution < 1.29 is 18.7 Å². The number of amides is 1. The molecule has 1 aliphatic rings. The molecular weight excluding hydrogens is 275 g/mol. The summed E-state index contributed by atoms with van der Waals surface area (Å²) in [7, 11) is 4.76. The molecule has 1 aromatic rings. The van der Waals surface area contributed by atoms with Gasteiger partial charge in [-0.15, -0.1) is 0 Å². The highest BCUT2D eigenvalue weighted by Gasteiger charge is 2.26. The van der Waals surface area contributed by atoms with E-state index in [0.717, 1.165) is 12.8 Å². The fraction of sp³-hybridized carbons (Fsp3) is 0.533. The molecule has 0 aliphatic carbocycles. The summed E-state index contributed by atoms with van der Waals surface area (Å²) >= 11 is 0. The Balaban J connectivity index is 2.26. The van der Waals surface area contributed by atoms with Crippen molar-refractivity contribution >= 4 is 5.91 Å². The normalized spacial score (nSPS) is 18.5. The molecule has 116 valence electrons. The van der Waals surface area contributed by atoms with E-state index in [1.54, 1.807) is 4.90 Å². The molecule has 6 heteroatoms. The minimum atomic E-state index is -0.593. The molecule has 0 spiro atoms. The van der Waals surface area contributed by atoms with E-state index in [9.17, 15) is 9.18 Å². The number of piperidine rings is 1. The third-order valence-corrected chi connectivity index (χ3v) is 3.82. The number of likely N-dealkylation sites (N-methyl/N-ethyl adjacent to an activating group) is 1. The number of likely N-dealkylation sites (tertiary alicyclic amines) is 1. The standard InChI is InChI=1S/C15H21FN2O3/c1-17-10-5-4-6-18(9-10)15(19)11-7-13(20-2)14(21-3)8-12(11)16/h7-8,10,17H,4-6,9H2,1-3H3. The predicted molar refractivity (Wildman–Crippen MR) is 77.5 cm³/mol. The van der Waals surface area contributed by atoms with Gasteiger partial charge in [0.2, 0.25) is 0 Å². The Hall–Kier alpha value is -1.82. The SMILES string of the molecule is CNC1CCCN(C(=O)c2cc(OC)c(OC)cc2F)C1. The quantitative estimate of drug-likeness (QED) is 0.918. The Bertz CT molecular complexity index is 522. The number of methoxy groups -OCH3 is 2. The smallest absolute Gasteiger partial charge is 0.257 e. The summed E-state index contributed by atoms with van der Waals surface area (Å²) in [5.74, 6) is -0.277. The second kappa shape index (κ2) is 6.76. The van der Waals surface area contributed by atoms with Crippen molar-refractivity contribution in [2.75, 3.05) is 34.4 Å². The van der Waals surface area contributed by atoms with E-state index in [0.29, 0.717) is 18.8 Å². The van der Waals surface area contributed by atoms with Gasteiger partial charge in [-0.25, -0.2) is 4.39 Å². The van der Waals surface area contributed by atoms with Crippen molar-refractivity contribution in [1.29, 1.82) is 0 Å². The van der Waals surface area contributed by atoms with Crippen LogP contribution in [0.1, 0.15) is 23.2 Å². The maximum atomic E-state index is 14.1. The third-order valence-electron chi connectivity index (χ3n) is 3.82. The molecule has 1 aliphatic heterocycles. The Labute approximate surface area is 124 Å². The number of nitrogens with zero attached hydrogens (tertiary/aromatic N) is 1. The van der Waals surface area contributed by atoms with Crippen LogP contribution < -0.4 is 14.8 Å². The van der Waals surface area contributed by atoms with Crippen LogP contribution in [0.5, 0.6) is 11.5 Å². The molecule has 5 nitrogen and oxygen atoms in total. The number of carbonyl (C=O) groups is 1. The summed E-state index contributed by atoms with van der Waals surface area (Å²) in [4.78, 5) is 14.2. The highest BCUT2D eigenvalue weighted by atomic mass is 19.1. The van der Waals surface area contributed by atoms with E-state index in [1.165, 1.54) is 26.4 Å². The first kappa shape index (κ1) is 15.6. The molecule has 1 unspecified atom stereocenters. The van der Waals surface area contributed by atoms with Crippen LogP contribution >= 0.6 is 0 Å². The Morgan fingerprint density at radius 2 is 2.00 bits per heavy atom. The van der Waals surface area contributed by atoms with Crippen LogP contribution in [0.15, 0.2) is 12.1 Å². The highest BCUT2D eigenvalue weighted by molar-refractivity contribution is 5.95. The van der Waals surface area contributed by atoms with Crippen LogP contribution in [0.25, 0.3) is 0 Å². The molecule has 21 heavy (non-hydrogen) atoms. The fourth-order valence-corrected chi connectivity index (χ4v) is 2.59. The van der Waals surface area contributed by atoms with E-state index in [4.69, 9.17) is 9.47 Å². The third kappa shape index (κ3) is 3.26. The second-order valence-electron chi connectivity index (χ2n) is 5.07. The lowest BCUT2D eigenvalue weighted by Gasteiger charge is -2.32. The zero-order chi connectivity index (χ0) is 15.4. The number of rotatable bonds is 4. The van der Waals surface area contributed by atoms with Crippen LogP contribution in [0.3, 0.4) is 0 Å². The number of benzene rings is 1. The Morgan fingerprint density at radius 3 is 2.62 bits per heavy atom. The van der Waals surface area contributed by atoms with Gasteiger partial charge >= 0.3 is 0 Å². The van der Waals surface area contributed by atoms with Crippen molar-refractivity contribution in [2.24, 2.45) is 0 Å². The van der Waals surface area contributed by atoms with Crippen LogP contribution in [0.4, 0.5) is 4.39 Å². The first-order chi connectivity index (χ1) is 10.1. The summed E-state index contributed by atoms with van der Waals surface area (Å²) in [6, 6.07) is 2.84. The van der Waals surface area contributed by atoms with Gasteiger partial charge in [0.05, 0.1) is 19.8 Å². The highest BCUT2D eigenvalue weighted by Crippen LogP contribution is 2.30. The lowest BCUT2D eigenvalue weighted by Crippen LogP contribution is -2.47. The summed E-state index contributed by atoms with van der Waals surface area (Å²) in [5.41, 5.74) is 0.0180. The lowest BCUT2D eigenvalue weighted by atomic mass is 10.0. The van der Waals surface area contributed by atoms with Crippen molar-refractivity contribution in [3.63, 3.8) is 0 Å². The Morgan fingerprint density at radius 1 is 1.33 bits per heavy atom. The molecule has 1 amide bonds. The molecule has 1 aromatic carbocycles. The maximum absolute atomic E-state index is 14.1. The minimum absolute atomic E-state index is 0.0180. The summed E-state index contributed by atoms with van der Waals surface area (Å²) in [6.45, 7) is 1.23. The largest absolute Gasteiger partial charge is 0.493 e. The summed E-state index contributed by atoms with van der Waals surface area (Å²) < 4.78 is 24.3. The maximum Gasteiger partial charge on any atom is 0.257 e.